The Hall–Kier alpha value is -4.14. The van der Waals surface area contributed by atoms with Gasteiger partial charge in [0.05, 0.1) is 12.9 Å². The molecule has 220 valence electrons. The van der Waals surface area contributed by atoms with Crippen molar-refractivity contribution in [3.05, 3.63) is 48.5 Å². The van der Waals surface area contributed by atoms with E-state index < -0.39 is 42.8 Å². The van der Waals surface area contributed by atoms with E-state index in [9.17, 15) is 14.4 Å². The molecule has 14 nitrogen and oxygen atoms in total. The smallest absolute Gasteiger partial charge is 0.328 e. The van der Waals surface area contributed by atoms with E-state index in [1.807, 2.05) is 30.3 Å². The highest BCUT2D eigenvalue weighted by Crippen LogP contribution is 2.45. The molecule has 1 saturated carbocycles. The van der Waals surface area contributed by atoms with E-state index in [4.69, 9.17) is 18.9 Å². The molecule has 1 aliphatic carbocycles. The molecule has 4 aliphatic rings. The number of urea groups is 1. The molecular formula is C28H31N7O7. The van der Waals surface area contributed by atoms with E-state index in [1.54, 1.807) is 11.5 Å². The molecule has 2 aromatic heterocycles. The molecule has 3 aromatic rings. The van der Waals surface area contributed by atoms with E-state index >= 15 is 0 Å². The first-order valence-corrected chi connectivity index (χ1v) is 14.3. The predicted octanol–water partition coefficient (Wildman–Crippen LogP) is 2.04. The molecule has 0 radical (unpaired) electrons. The minimum Gasteiger partial charge on any atom is -0.464 e. The van der Waals surface area contributed by atoms with Crippen molar-refractivity contribution in [2.45, 2.75) is 75.5 Å². The summed E-state index contributed by atoms with van der Waals surface area (Å²) in [6, 6.07) is 8.57. The standard InChI is InChI=1S/C28H31N7O7/c1-2-39-26(37)17-9-6-12-34(17)24(36)20-19-21(42-27(41-19)15-7-4-3-5-8-15)25(40-20)35-14-31-18-22(29-13-30-23(18)35)33-28(38)32-16-10-11-16/h3-5,7-8,13-14,16-17,19-21,25,27H,2,6,9-12H2,1H3,(H2,29,30,32,33,38)/t17-,19?,20?,21?,25?,27-/m0/s1. The number of aromatic nitrogens is 4. The highest BCUT2D eigenvalue weighted by molar-refractivity contribution is 5.96. The van der Waals surface area contributed by atoms with Crippen LogP contribution in [0.3, 0.4) is 0 Å². The number of imidazole rings is 1. The summed E-state index contributed by atoms with van der Waals surface area (Å²) in [5.74, 6) is -0.541. The number of anilines is 1. The van der Waals surface area contributed by atoms with E-state index in [1.165, 1.54) is 17.6 Å². The minimum atomic E-state index is -1.05. The lowest BCUT2D eigenvalue weighted by Gasteiger charge is -2.27. The quantitative estimate of drug-likeness (QED) is 0.398. The Morgan fingerprint density at radius 3 is 2.62 bits per heavy atom. The maximum absolute atomic E-state index is 14.0. The second-order valence-electron chi connectivity index (χ2n) is 10.8. The summed E-state index contributed by atoms with van der Waals surface area (Å²) in [6.45, 7) is 2.38. The number of nitrogens with one attached hydrogen (secondary N) is 2. The lowest BCUT2D eigenvalue weighted by molar-refractivity contribution is -0.172. The van der Waals surface area contributed by atoms with E-state index in [0.29, 0.717) is 30.6 Å². The van der Waals surface area contributed by atoms with Crippen LogP contribution in [0.15, 0.2) is 43.0 Å². The monoisotopic (exact) mass is 577 g/mol. The zero-order chi connectivity index (χ0) is 28.8. The van der Waals surface area contributed by atoms with Crippen LogP contribution in [0.5, 0.6) is 0 Å². The first-order valence-electron chi connectivity index (χ1n) is 14.3. The summed E-state index contributed by atoms with van der Waals surface area (Å²) in [5.41, 5.74) is 1.55. The average Bonchev–Trinajstić information content (AvgIpc) is 3.38. The number of carbonyl (C=O) groups excluding carboxylic acids is 3. The summed E-state index contributed by atoms with van der Waals surface area (Å²) in [6.07, 6.45) is 1.87. The van der Waals surface area contributed by atoms with Crippen molar-refractivity contribution in [3.63, 3.8) is 0 Å². The van der Waals surface area contributed by atoms with Crippen LogP contribution in [0.25, 0.3) is 11.2 Å². The Kier molecular flexibility index (Phi) is 6.96. The fourth-order valence-electron chi connectivity index (χ4n) is 5.80. The summed E-state index contributed by atoms with van der Waals surface area (Å²) >= 11 is 0. The Labute approximate surface area is 240 Å². The van der Waals surface area contributed by atoms with Crippen LogP contribution in [0, 0.1) is 0 Å². The summed E-state index contributed by atoms with van der Waals surface area (Å²) in [5, 5.41) is 5.61. The zero-order valence-electron chi connectivity index (χ0n) is 22.9. The van der Waals surface area contributed by atoms with Crippen molar-refractivity contribution in [3.8, 4) is 0 Å². The molecule has 4 unspecified atom stereocenters. The second kappa shape index (κ2) is 10.9. The molecule has 0 spiro atoms. The minimum absolute atomic E-state index is 0.175. The summed E-state index contributed by atoms with van der Waals surface area (Å²) in [4.78, 5) is 53.6. The average molecular weight is 578 g/mol. The predicted molar refractivity (Wildman–Crippen MR) is 145 cm³/mol. The van der Waals surface area contributed by atoms with Gasteiger partial charge in [-0.1, -0.05) is 30.3 Å². The number of hydrogen-bond donors (Lipinski definition) is 2. The van der Waals surface area contributed by atoms with Crippen LogP contribution in [0.1, 0.15) is 50.7 Å². The third-order valence-corrected chi connectivity index (χ3v) is 7.94. The molecular weight excluding hydrogens is 546 g/mol. The fourth-order valence-corrected chi connectivity index (χ4v) is 5.80. The van der Waals surface area contributed by atoms with Gasteiger partial charge < -0.3 is 29.2 Å². The third kappa shape index (κ3) is 4.84. The normalized spacial score (nSPS) is 28.5. The Balaban J connectivity index is 1.19. The molecule has 3 saturated heterocycles. The lowest BCUT2D eigenvalue weighted by atomic mass is 10.1. The molecule has 5 heterocycles. The second-order valence-corrected chi connectivity index (χ2v) is 10.8. The van der Waals surface area contributed by atoms with Crippen LogP contribution >= 0.6 is 0 Å². The van der Waals surface area contributed by atoms with Crippen molar-refractivity contribution >= 4 is 34.9 Å². The number of amides is 3. The van der Waals surface area contributed by atoms with Crippen molar-refractivity contribution in [1.29, 1.82) is 0 Å². The van der Waals surface area contributed by atoms with Crippen LogP contribution in [-0.4, -0.2) is 85.9 Å². The van der Waals surface area contributed by atoms with Gasteiger partial charge in [-0.3, -0.25) is 14.7 Å². The van der Waals surface area contributed by atoms with E-state index in [0.717, 1.165) is 18.4 Å². The van der Waals surface area contributed by atoms with Crippen LogP contribution < -0.4 is 10.6 Å². The van der Waals surface area contributed by atoms with Crippen LogP contribution in [0.4, 0.5) is 10.6 Å². The van der Waals surface area contributed by atoms with Gasteiger partial charge in [0.25, 0.3) is 5.91 Å². The first kappa shape index (κ1) is 26.7. The van der Waals surface area contributed by atoms with Gasteiger partial charge in [-0.15, -0.1) is 0 Å². The molecule has 3 amide bonds. The molecule has 6 atom stereocenters. The third-order valence-electron chi connectivity index (χ3n) is 7.94. The van der Waals surface area contributed by atoms with Gasteiger partial charge >= 0.3 is 12.0 Å². The first-order chi connectivity index (χ1) is 20.5. The molecule has 4 fully saturated rings. The summed E-state index contributed by atoms with van der Waals surface area (Å²) in [7, 11) is 0. The molecule has 3 aliphatic heterocycles. The van der Waals surface area contributed by atoms with Crippen LogP contribution in [0.2, 0.25) is 0 Å². The molecule has 2 N–H and O–H groups in total. The molecule has 42 heavy (non-hydrogen) atoms. The number of fused-ring (bicyclic) bond motifs is 2. The lowest BCUT2D eigenvalue weighted by Crippen LogP contribution is -2.49. The SMILES string of the molecule is CCOC(=O)[C@@H]1CCCN1C(=O)C1OC(n2cnc3c(NC(=O)NC4CC4)ncnc32)C2O[C@@H](c3ccccc3)OC12. The van der Waals surface area contributed by atoms with E-state index in [2.05, 4.69) is 25.6 Å². The topological polar surface area (TPSA) is 159 Å². The number of hydrogen-bond acceptors (Lipinski definition) is 10. The van der Waals surface area contributed by atoms with Gasteiger partial charge in [-0.25, -0.2) is 24.5 Å². The van der Waals surface area contributed by atoms with Gasteiger partial charge in [0.15, 0.2) is 35.6 Å². The maximum Gasteiger partial charge on any atom is 0.328 e. The fraction of sp³-hybridized carbons (Fsp3) is 0.500. The largest absolute Gasteiger partial charge is 0.464 e. The van der Waals surface area contributed by atoms with Crippen molar-refractivity contribution in [2.24, 2.45) is 0 Å². The Morgan fingerprint density at radius 1 is 1.02 bits per heavy atom. The zero-order valence-corrected chi connectivity index (χ0v) is 22.9. The summed E-state index contributed by atoms with van der Waals surface area (Å²) < 4.78 is 26.0. The number of benzene rings is 1. The Bertz CT molecular complexity index is 1500. The number of nitrogens with zero attached hydrogens (tertiary/aromatic N) is 5. The van der Waals surface area contributed by atoms with Gasteiger partial charge in [-0.2, -0.15) is 0 Å². The van der Waals surface area contributed by atoms with Crippen molar-refractivity contribution < 1.29 is 33.3 Å². The van der Waals surface area contributed by atoms with E-state index in [-0.39, 0.29) is 30.4 Å². The van der Waals surface area contributed by atoms with Gasteiger partial charge in [0, 0.05) is 18.2 Å². The molecule has 0 bridgehead atoms. The maximum atomic E-state index is 14.0. The van der Waals surface area contributed by atoms with Crippen molar-refractivity contribution in [1.82, 2.24) is 29.7 Å². The number of rotatable bonds is 7. The van der Waals surface area contributed by atoms with Gasteiger partial charge in [-0.05, 0) is 32.6 Å². The Morgan fingerprint density at radius 2 is 1.83 bits per heavy atom. The number of likely N-dealkylation sites (tertiary alicyclic amines) is 1. The highest BCUT2D eigenvalue weighted by Gasteiger charge is 2.58. The molecule has 7 rings (SSSR count). The molecule has 1 aromatic carbocycles. The van der Waals surface area contributed by atoms with Crippen LogP contribution in [-0.2, 0) is 28.5 Å². The number of esters is 1. The number of carbonyl (C=O) groups is 3. The van der Waals surface area contributed by atoms with Crippen molar-refractivity contribution in [2.75, 3.05) is 18.5 Å². The number of ether oxygens (including phenoxy) is 4. The highest BCUT2D eigenvalue weighted by atomic mass is 16.8. The van der Waals surface area contributed by atoms with Gasteiger partial charge in [0.2, 0.25) is 0 Å². The molecule has 14 heteroatoms. The van der Waals surface area contributed by atoms with Gasteiger partial charge in [0.1, 0.15) is 24.6 Å².